The number of carbonyl (C=O) groups is 2. The second kappa shape index (κ2) is 6.86. The third kappa shape index (κ3) is 3.18. The van der Waals surface area contributed by atoms with E-state index in [1.54, 1.807) is 29.1 Å². The van der Waals surface area contributed by atoms with Crippen LogP contribution in [0, 0.1) is 0 Å². The van der Waals surface area contributed by atoms with Gasteiger partial charge in [0.15, 0.2) is 0 Å². The van der Waals surface area contributed by atoms with Gasteiger partial charge >= 0.3 is 5.97 Å². The van der Waals surface area contributed by atoms with Gasteiger partial charge in [-0.2, -0.15) is 5.10 Å². The van der Waals surface area contributed by atoms with Crippen molar-refractivity contribution in [2.75, 3.05) is 13.1 Å². The summed E-state index contributed by atoms with van der Waals surface area (Å²) in [5, 5.41) is 13.2. The quantitative estimate of drug-likeness (QED) is 0.936. The van der Waals surface area contributed by atoms with Gasteiger partial charge in [-0.3, -0.25) is 9.48 Å². The van der Waals surface area contributed by atoms with Crippen LogP contribution >= 0.6 is 0 Å². The zero-order valence-corrected chi connectivity index (χ0v) is 13.7. The predicted octanol–water partition coefficient (Wildman–Crippen LogP) is 2.62. The van der Waals surface area contributed by atoms with E-state index >= 15 is 0 Å². The summed E-state index contributed by atoms with van der Waals surface area (Å²) in [5.41, 5.74) is 2.00. The number of aromatic carboxylic acids is 1. The van der Waals surface area contributed by atoms with Crippen molar-refractivity contribution >= 4 is 11.9 Å². The standard InChI is InChI=1S/C18H21N3O3/c1-2-21-16(9-10-19-21)17(22)20-11-3-4-15(12-20)13-5-7-14(8-6-13)18(23)24/h5-10,15H,2-4,11-12H2,1H3,(H,23,24)/t15-/m1/s1. The van der Waals surface area contributed by atoms with Crippen LogP contribution in [0.4, 0.5) is 0 Å². The van der Waals surface area contributed by atoms with Crippen molar-refractivity contribution in [1.29, 1.82) is 0 Å². The Morgan fingerprint density at radius 3 is 2.67 bits per heavy atom. The van der Waals surface area contributed by atoms with Gasteiger partial charge in [-0.15, -0.1) is 0 Å². The van der Waals surface area contributed by atoms with E-state index in [0.29, 0.717) is 18.8 Å². The van der Waals surface area contributed by atoms with Gasteiger partial charge in [-0.25, -0.2) is 4.79 Å². The maximum absolute atomic E-state index is 12.7. The second-order valence-electron chi connectivity index (χ2n) is 6.05. The van der Waals surface area contributed by atoms with E-state index in [1.807, 2.05) is 24.0 Å². The van der Waals surface area contributed by atoms with Crippen LogP contribution in [0.15, 0.2) is 36.5 Å². The molecule has 1 saturated heterocycles. The maximum Gasteiger partial charge on any atom is 0.335 e. The van der Waals surface area contributed by atoms with Gasteiger partial charge in [-0.05, 0) is 43.5 Å². The SMILES string of the molecule is CCn1nccc1C(=O)N1CCC[C@@H](c2ccc(C(=O)O)cc2)C1. The first-order chi connectivity index (χ1) is 11.6. The second-order valence-corrected chi connectivity index (χ2v) is 6.05. The first-order valence-electron chi connectivity index (χ1n) is 8.24. The minimum atomic E-state index is -0.921. The number of rotatable bonds is 4. The molecule has 2 aromatic rings. The molecule has 0 bridgehead atoms. The normalized spacial score (nSPS) is 17.7. The molecule has 24 heavy (non-hydrogen) atoms. The molecule has 1 aromatic heterocycles. The Bertz CT molecular complexity index is 736. The molecule has 126 valence electrons. The van der Waals surface area contributed by atoms with Crippen LogP contribution in [-0.4, -0.2) is 44.8 Å². The van der Waals surface area contributed by atoms with Crippen molar-refractivity contribution in [2.24, 2.45) is 0 Å². The Morgan fingerprint density at radius 1 is 1.25 bits per heavy atom. The minimum absolute atomic E-state index is 0.0150. The Kier molecular flexibility index (Phi) is 4.64. The number of aryl methyl sites for hydroxylation is 1. The lowest BCUT2D eigenvalue weighted by Gasteiger charge is -2.33. The number of nitrogens with zero attached hydrogens (tertiary/aromatic N) is 3. The predicted molar refractivity (Wildman–Crippen MR) is 89.2 cm³/mol. The van der Waals surface area contributed by atoms with Crippen molar-refractivity contribution in [1.82, 2.24) is 14.7 Å². The van der Waals surface area contributed by atoms with Crippen molar-refractivity contribution in [3.05, 3.63) is 53.3 Å². The number of likely N-dealkylation sites (tertiary alicyclic amines) is 1. The van der Waals surface area contributed by atoms with Crippen molar-refractivity contribution in [3.63, 3.8) is 0 Å². The van der Waals surface area contributed by atoms with Crippen LogP contribution in [0.5, 0.6) is 0 Å². The summed E-state index contributed by atoms with van der Waals surface area (Å²) in [6.07, 6.45) is 3.60. The molecule has 2 heterocycles. The number of hydrogen-bond acceptors (Lipinski definition) is 3. The molecule has 0 unspecified atom stereocenters. The van der Waals surface area contributed by atoms with Crippen LogP contribution in [0.1, 0.15) is 52.1 Å². The average Bonchev–Trinajstić information content (AvgIpc) is 3.10. The number of piperidine rings is 1. The van der Waals surface area contributed by atoms with Gasteiger partial charge in [0.1, 0.15) is 5.69 Å². The summed E-state index contributed by atoms with van der Waals surface area (Å²) in [7, 11) is 0. The molecule has 0 aliphatic carbocycles. The molecule has 1 amide bonds. The highest BCUT2D eigenvalue weighted by Gasteiger charge is 2.27. The van der Waals surface area contributed by atoms with Gasteiger partial charge in [0.05, 0.1) is 5.56 Å². The van der Waals surface area contributed by atoms with E-state index < -0.39 is 5.97 Å². The van der Waals surface area contributed by atoms with E-state index in [4.69, 9.17) is 5.11 Å². The number of amides is 1. The molecule has 1 aliphatic rings. The molecule has 6 heteroatoms. The molecule has 1 N–H and O–H groups in total. The molecule has 1 aromatic carbocycles. The van der Waals surface area contributed by atoms with Crippen LogP contribution in [-0.2, 0) is 6.54 Å². The average molecular weight is 327 g/mol. The molecule has 1 aliphatic heterocycles. The third-order valence-electron chi connectivity index (χ3n) is 4.57. The van der Waals surface area contributed by atoms with E-state index in [2.05, 4.69) is 5.10 Å². The van der Waals surface area contributed by atoms with Gasteiger partial charge in [0, 0.05) is 31.7 Å². The minimum Gasteiger partial charge on any atom is -0.478 e. The summed E-state index contributed by atoms with van der Waals surface area (Å²) in [4.78, 5) is 25.6. The zero-order valence-electron chi connectivity index (χ0n) is 13.7. The fourth-order valence-electron chi connectivity index (χ4n) is 3.26. The van der Waals surface area contributed by atoms with Gasteiger partial charge in [-0.1, -0.05) is 12.1 Å². The number of aromatic nitrogens is 2. The number of hydrogen-bond donors (Lipinski definition) is 1. The summed E-state index contributed by atoms with van der Waals surface area (Å²) in [6.45, 7) is 4.03. The molecule has 3 rings (SSSR count). The van der Waals surface area contributed by atoms with Crippen LogP contribution < -0.4 is 0 Å². The summed E-state index contributed by atoms with van der Waals surface area (Å²) in [6, 6.07) is 8.74. The van der Waals surface area contributed by atoms with Crippen LogP contribution in [0.25, 0.3) is 0 Å². The number of carboxylic acid groups (broad SMARTS) is 1. The van der Waals surface area contributed by atoms with Gasteiger partial charge < -0.3 is 10.0 Å². The molecule has 0 saturated carbocycles. The molecular formula is C18H21N3O3. The smallest absolute Gasteiger partial charge is 0.335 e. The highest BCUT2D eigenvalue weighted by molar-refractivity contribution is 5.92. The Labute approximate surface area is 140 Å². The number of carboxylic acids is 1. The van der Waals surface area contributed by atoms with Crippen molar-refractivity contribution in [2.45, 2.75) is 32.2 Å². The fourth-order valence-corrected chi connectivity index (χ4v) is 3.26. The molecule has 0 spiro atoms. The van der Waals surface area contributed by atoms with Crippen molar-refractivity contribution < 1.29 is 14.7 Å². The summed E-state index contributed by atoms with van der Waals surface area (Å²) < 4.78 is 1.72. The van der Waals surface area contributed by atoms with E-state index in [9.17, 15) is 9.59 Å². The lowest BCUT2D eigenvalue weighted by Crippen LogP contribution is -2.40. The van der Waals surface area contributed by atoms with Crippen LogP contribution in [0.2, 0.25) is 0 Å². The van der Waals surface area contributed by atoms with E-state index in [1.165, 1.54) is 0 Å². The Hall–Kier alpha value is -2.63. The number of benzene rings is 1. The Balaban J connectivity index is 1.74. The molecule has 1 atom stereocenters. The Morgan fingerprint density at radius 2 is 2.00 bits per heavy atom. The fraction of sp³-hybridized carbons (Fsp3) is 0.389. The highest BCUT2D eigenvalue weighted by Crippen LogP contribution is 2.28. The summed E-state index contributed by atoms with van der Waals surface area (Å²) in [5.74, 6) is -0.667. The molecule has 0 radical (unpaired) electrons. The molecular weight excluding hydrogens is 306 g/mol. The van der Waals surface area contributed by atoms with Gasteiger partial charge in [0.2, 0.25) is 0 Å². The molecule has 1 fully saturated rings. The van der Waals surface area contributed by atoms with E-state index in [-0.39, 0.29) is 17.4 Å². The third-order valence-corrected chi connectivity index (χ3v) is 4.57. The largest absolute Gasteiger partial charge is 0.478 e. The first-order valence-corrected chi connectivity index (χ1v) is 8.24. The first kappa shape index (κ1) is 16.2. The summed E-state index contributed by atoms with van der Waals surface area (Å²) >= 11 is 0. The van der Waals surface area contributed by atoms with Gasteiger partial charge in [0.25, 0.3) is 5.91 Å². The maximum atomic E-state index is 12.7. The topological polar surface area (TPSA) is 75.4 Å². The zero-order chi connectivity index (χ0) is 17.1. The molecule has 6 nitrogen and oxygen atoms in total. The lowest BCUT2D eigenvalue weighted by molar-refractivity contribution is 0.0689. The highest BCUT2D eigenvalue weighted by atomic mass is 16.4. The van der Waals surface area contributed by atoms with E-state index in [0.717, 1.165) is 24.9 Å². The lowest BCUT2D eigenvalue weighted by atomic mass is 9.90. The van der Waals surface area contributed by atoms with Crippen molar-refractivity contribution in [3.8, 4) is 0 Å². The monoisotopic (exact) mass is 327 g/mol. The number of carbonyl (C=O) groups excluding carboxylic acids is 1. The van der Waals surface area contributed by atoms with Crippen LogP contribution in [0.3, 0.4) is 0 Å².